The number of amides is 2. The number of nitrogens with one attached hydrogen (secondary N) is 2. The Morgan fingerprint density at radius 3 is 2.71 bits per heavy atom. The first kappa shape index (κ1) is 24.3. The van der Waals surface area contributed by atoms with Crippen molar-refractivity contribution in [3.8, 4) is 11.5 Å². The van der Waals surface area contributed by atoms with Crippen LogP contribution >= 0.6 is 11.6 Å². The number of aromatic hydroxyl groups is 1. The number of hydrogen-bond acceptors (Lipinski definition) is 6. The minimum absolute atomic E-state index is 0.109. The molecule has 0 saturated carbocycles. The van der Waals surface area contributed by atoms with Crippen LogP contribution < -0.4 is 15.4 Å². The predicted octanol–water partition coefficient (Wildman–Crippen LogP) is 3.28. The number of carbonyl (C=O) groups is 2. The summed E-state index contributed by atoms with van der Waals surface area (Å²) in [5, 5.41) is 21.2. The molecule has 9 heteroatoms. The van der Waals surface area contributed by atoms with Gasteiger partial charge in [0.2, 0.25) is 11.8 Å². The van der Waals surface area contributed by atoms with E-state index in [1.54, 1.807) is 31.4 Å². The number of phenols is 1. The minimum Gasteiger partial charge on any atom is -0.508 e. The zero-order valence-corrected chi connectivity index (χ0v) is 19.9. The number of ether oxygens (including phenoxy) is 1. The Hall–Kier alpha value is -3.78. The summed E-state index contributed by atoms with van der Waals surface area (Å²) < 4.78 is 5.29. The summed E-state index contributed by atoms with van der Waals surface area (Å²) in [6, 6.07) is 17.1. The van der Waals surface area contributed by atoms with Crippen molar-refractivity contribution in [2.75, 3.05) is 13.7 Å². The highest BCUT2D eigenvalue weighted by Gasteiger charge is 2.25. The van der Waals surface area contributed by atoms with E-state index in [0.29, 0.717) is 11.6 Å². The Labute approximate surface area is 207 Å². The van der Waals surface area contributed by atoms with Gasteiger partial charge in [-0.05, 0) is 46.2 Å². The van der Waals surface area contributed by atoms with Gasteiger partial charge >= 0.3 is 0 Å². The van der Waals surface area contributed by atoms with Gasteiger partial charge in [-0.25, -0.2) is 0 Å². The molecule has 0 bridgehead atoms. The molecular weight excluding hydrogens is 470 g/mol. The molecule has 2 amide bonds. The second-order valence-corrected chi connectivity index (χ2v) is 8.75. The maximum atomic E-state index is 13.0. The molecule has 182 valence electrons. The van der Waals surface area contributed by atoms with Crippen molar-refractivity contribution < 1.29 is 24.3 Å². The summed E-state index contributed by atoms with van der Waals surface area (Å²) in [7, 11) is 1.61. The van der Waals surface area contributed by atoms with Crippen molar-refractivity contribution in [3.63, 3.8) is 0 Å². The van der Waals surface area contributed by atoms with Crippen molar-refractivity contribution in [1.82, 2.24) is 10.6 Å². The van der Waals surface area contributed by atoms with Crippen molar-refractivity contribution in [3.05, 3.63) is 71.8 Å². The molecule has 0 radical (unpaired) electrons. The Balaban J connectivity index is 1.46. The SMILES string of the molecule is COc1ccc2c(CC(=O)N[C@@H](Cc3ccc(O)cc3)C(=O)NCC3CC(Cl)=NO3)cccc2c1. The zero-order valence-electron chi connectivity index (χ0n) is 19.2. The number of hydrogen-bond donors (Lipinski definition) is 3. The fourth-order valence-corrected chi connectivity index (χ4v) is 4.16. The highest BCUT2D eigenvalue weighted by Crippen LogP contribution is 2.24. The number of rotatable bonds is 9. The molecule has 0 fully saturated rings. The topological polar surface area (TPSA) is 109 Å². The maximum absolute atomic E-state index is 13.0. The highest BCUT2D eigenvalue weighted by atomic mass is 35.5. The fourth-order valence-electron chi connectivity index (χ4n) is 3.95. The lowest BCUT2D eigenvalue weighted by Crippen LogP contribution is -2.49. The predicted molar refractivity (Wildman–Crippen MR) is 134 cm³/mol. The van der Waals surface area contributed by atoms with Gasteiger partial charge in [0.15, 0.2) is 6.10 Å². The van der Waals surface area contributed by atoms with Crippen LogP contribution in [0.1, 0.15) is 17.5 Å². The molecule has 0 saturated heterocycles. The van der Waals surface area contributed by atoms with Crippen LogP contribution in [0, 0.1) is 0 Å². The second-order valence-electron chi connectivity index (χ2n) is 8.32. The molecule has 4 rings (SSSR count). The van der Waals surface area contributed by atoms with E-state index in [1.807, 2.05) is 36.4 Å². The number of halogens is 1. The number of nitrogens with zero attached hydrogens (tertiary/aromatic N) is 1. The highest BCUT2D eigenvalue weighted by molar-refractivity contribution is 6.65. The van der Waals surface area contributed by atoms with E-state index in [-0.39, 0.29) is 43.1 Å². The van der Waals surface area contributed by atoms with E-state index in [4.69, 9.17) is 21.2 Å². The van der Waals surface area contributed by atoms with E-state index >= 15 is 0 Å². The zero-order chi connectivity index (χ0) is 24.8. The monoisotopic (exact) mass is 495 g/mol. The molecule has 1 aliphatic rings. The fraction of sp³-hybridized carbons (Fsp3) is 0.269. The molecule has 8 nitrogen and oxygen atoms in total. The first-order valence-corrected chi connectivity index (χ1v) is 11.6. The summed E-state index contributed by atoms with van der Waals surface area (Å²) in [6.07, 6.45) is 0.443. The maximum Gasteiger partial charge on any atom is 0.243 e. The number of oxime groups is 1. The number of carbonyl (C=O) groups excluding carboxylic acids is 2. The van der Waals surface area contributed by atoms with Crippen molar-refractivity contribution in [2.24, 2.45) is 5.16 Å². The first-order valence-electron chi connectivity index (χ1n) is 11.2. The Morgan fingerprint density at radius 2 is 2.00 bits per heavy atom. The summed E-state index contributed by atoms with van der Waals surface area (Å²) in [5.74, 6) is 0.237. The normalized spacial score (nSPS) is 15.7. The molecule has 1 unspecified atom stereocenters. The first-order chi connectivity index (χ1) is 16.9. The lowest BCUT2D eigenvalue weighted by Gasteiger charge is -2.20. The van der Waals surface area contributed by atoms with Crippen LogP contribution in [0.15, 0.2) is 65.8 Å². The van der Waals surface area contributed by atoms with E-state index in [1.165, 1.54) is 0 Å². The lowest BCUT2D eigenvalue weighted by atomic mass is 10.0. The van der Waals surface area contributed by atoms with E-state index in [9.17, 15) is 14.7 Å². The van der Waals surface area contributed by atoms with Gasteiger partial charge < -0.3 is 25.3 Å². The van der Waals surface area contributed by atoms with Crippen LogP contribution in [-0.4, -0.2) is 47.9 Å². The Kier molecular flexibility index (Phi) is 7.72. The molecule has 3 aromatic rings. The molecule has 35 heavy (non-hydrogen) atoms. The Bertz CT molecular complexity index is 1250. The quantitative estimate of drug-likeness (QED) is 0.422. The van der Waals surface area contributed by atoms with Crippen LogP contribution in [0.5, 0.6) is 11.5 Å². The molecular formula is C26H26ClN3O5. The number of methoxy groups -OCH3 is 1. The van der Waals surface area contributed by atoms with Gasteiger partial charge in [0.05, 0.1) is 20.1 Å². The van der Waals surface area contributed by atoms with Gasteiger partial charge in [0.25, 0.3) is 0 Å². The molecule has 1 aliphatic heterocycles. The Morgan fingerprint density at radius 1 is 1.20 bits per heavy atom. The molecule has 1 heterocycles. The number of fused-ring (bicyclic) bond motifs is 1. The standard InChI is InChI=1S/C26H26ClN3O5/c1-34-20-9-10-22-17(12-20)3-2-4-18(22)13-25(32)29-23(11-16-5-7-19(31)8-6-16)26(33)28-15-21-14-24(27)30-35-21/h2-10,12,21,23,31H,11,13-15H2,1H3,(H,28,33)(H,29,32)/t21?,23-/m0/s1. The molecule has 0 spiro atoms. The van der Waals surface area contributed by atoms with Gasteiger partial charge in [-0.3, -0.25) is 9.59 Å². The second kappa shape index (κ2) is 11.1. The minimum atomic E-state index is -0.820. The summed E-state index contributed by atoms with van der Waals surface area (Å²) >= 11 is 5.84. The lowest BCUT2D eigenvalue weighted by molar-refractivity contribution is -0.129. The van der Waals surface area contributed by atoms with Crippen LogP contribution in [0.2, 0.25) is 0 Å². The summed E-state index contributed by atoms with van der Waals surface area (Å²) in [4.78, 5) is 31.2. The van der Waals surface area contributed by atoms with Crippen LogP contribution in [0.25, 0.3) is 10.8 Å². The third-order valence-corrected chi connectivity index (χ3v) is 5.98. The van der Waals surface area contributed by atoms with E-state index < -0.39 is 6.04 Å². The molecule has 3 N–H and O–H groups in total. The average Bonchev–Trinajstić information content (AvgIpc) is 3.28. The average molecular weight is 496 g/mol. The molecule has 3 aromatic carbocycles. The molecule has 2 atom stereocenters. The van der Waals surface area contributed by atoms with Gasteiger partial charge in [-0.2, -0.15) is 0 Å². The largest absolute Gasteiger partial charge is 0.508 e. The van der Waals surface area contributed by atoms with Crippen molar-refractivity contribution in [1.29, 1.82) is 0 Å². The van der Waals surface area contributed by atoms with Crippen molar-refractivity contribution in [2.45, 2.75) is 31.4 Å². The third kappa shape index (κ3) is 6.42. The summed E-state index contributed by atoms with van der Waals surface area (Å²) in [6.45, 7) is 0.214. The van der Waals surface area contributed by atoms with Gasteiger partial charge in [0, 0.05) is 12.8 Å². The third-order valence-electron chi connectivity index (χ3n) is 5.76. The van der Waals surface area contributed by atoms with E-state index in [0.717, 1.165) is 27.6 Å². The van der Waals surface area contributed by atoms with Crippen LogP contribution in [0.4, 0.5) is 0 Å². The van der Waals surface area contributed by atoms with Gasteiger partial charge in [-0.1, -0.05) is 53.2 Å². The molecule has 0 aliphatic carbocycles. The number of benzene rings is 3. The van der Waals surface area contributed by atoms with Gasteiger partial charge in [0.1, 0.15) is 22.7 Å². The summed E-state index contributed by atoms with van der Waals surface area (Å²) in [5.41, 5.74) is 1.64. The van der Waals surface area contributed by atoms with Crippen LogP contribution in [0.3, 0.4) is 0 Å². The van der Waals surface area contributed by atoms with Crippen molar-refractivity contribution >= 4 is 39.4 Å². The number of phenolic OH excluding ortho intramolecular Hbond substituents is 1. The smallest absolute Gasteiger partial charge is 0.243 e. The van der Waals surface area contributed by atoms with E-state index in [2.05, 4.69) is 15.8 Å². The molecule has 0 aromatic heterocycles. The van der Waals surface area contributed by atoms with Gasteiger partial charge in [-0.15, -0.1) is 0 Å². The van der Waals surface area contributed by atoms with Crippen LogP contribution in [-0.2, 0) is 27.3 Å².